The molecular weight excluding hydrogens is 212 g/mol. The zero-order valence-electron chi connectivity index (χ0n) is 6.80. The van der Waals surface area contributed by atoms with Gasteiger partial charge in [0.2, 0.25) is 0 Å². The number of hydrogen-bond donors (Lipinski definition) is 0. The molecular formula is C9H8Cl2FN. The highest BCUT2D eigenvalue weighted by Crippen LogP contribution is 2.13. The van der Waals surface area contributed by atoms with Crippen molar-refractivity contribution in [1.29, 1.82) is 0 Å². The van der Waals surface area contributed by atoms with Gasteiger partial charge in [0.25, 0.3) is 0 Å². The van der Waals surface area contributed by atoms with Crippen molar-refractivity contribution in [1.82, 2.24) is 4.98 Å². The summed E-state index contributed by atoms with van der Waals surface area (Å²) in [5.41, 5.74) is 0.435. The number of aromatic nitrogens is 1. The minimum absolute atomic E-state index is 0.284. The van der Waals surface area contributed by atoms with Crippen LogP contribution in [-0.2, 0) is 0 Å². The van der Waals surface area contributed by atoms with Gasteiger partial charge in [0, 0.05) is 11.4 Å². The van der Waals surface area contributed by atoms with Crippen LogP contribution in [0.25, 0.3) is 6.08 Å². The molecule has 70 valence electrons. The highest BCUT2D eigenvalue weighted by atomic mass is 35.5. The van der Waals surface area contributed by atoms with Crippen LogP contribution in [0.3, 0.4) is 0 Å². The largest absolute Gasteiger partial charge is 0.241 e. The number of pyridine rings is 1. The predicted molar refractivity (Wildman–Crippen MR) is 53.6 cm³/mol. The van der Waals surface area contributed by atoms with Gasteiger partial charge in [-0.3, -0.25) is 0 Å². The summed E-state index contributed by atoms with van der Waals surface area (Å²) in [6, 6.07) is 1.47. The zero-order valence-corrected chi connectivity index (χ0v) is 8.32. The summed E-state index contributed by atoms with van der Waals surface area (Å²) in [4.78, 5) is 3.60. The number of allylic oxidation sites excluding steroid dienone is 1. The maximum atomic E-state index is 13.0. The molecule has 0 amide bonds. The van der Waals surface area contributed by atoms with Crippen LogP contribution in [0.2, 0.25) is 5.15 Å². The van der Waals surface area contributed by atoms with Gasteiger partial charge in [-0.2, -0.15) is 0 Å². The first-order chi connectivity index (χ1) is 6.24. The lowest BCUT2D eigenvalue weighted by Crippen LogP contribution is -1.84. The second kappa shape index (κ2) is 5.20. The van der Waals surface area contributed by atoms with E-state index in [1.165, 1.54) is 6.07 Å². The van der Waals surface area contributed by atoms with E-state index in [0.29, 0.717) is 17.9 Å². The lowest BCUT2D eigenvalue weighted by molar-refractivity contribution is 0.618. The highest BCUT2D eigenvalue weighted by molar-refractivity contribution is 6.29. The second-order valence-electron chi connectivity index (χ2n) is 2.41. The molecule has 13 heavy (non-hydrogen) atoms. The summed E-state index contributed by atoms with van der Waals surface area (Å²) in [7, 11) is 0. The summed E-state index contributed by atoms with van der Waals surface area (Å²) in [5, 5.41) is 0.284. The molecule has 1 nitrogen and oxygen atoms in total. The highest BCUT2D eigenvalue weighted by Gasteiger charge is 1.99. The number of rotatable bonds is 3. The third-order valence-electron chi connectivity index (χ3n) is 1.42. The average molecular weight is 220 g/mol. The Labute approximate surface area is 86.2 Å². The molecule has 0 saturated heterocycles. The van der Waals surface area contributed by atoms with Gasteiger partial charge < -0.3 is 0 Å². The van der Waals surface area contributed by atoms with Gasteiger partial charge in [0.1, 0.15) is 11.0 Å². The Morgan fingerprint density at radius 2 is 2.31 bits per heavy atom. The maximum Gasteiger partial charge on any atom is 0.148 e. The molecule has 0 atom stereocenters. The van der Waals surface area contributed by atoms with Crippen LogP contribution >= 0.6 is 23.2 Å². The van der Waals surface area contributed by atoms with Gasteiger partial charge in [-0.25, -0.2) is 9.37 Å². The number of hydrogen-bond acceptors (Lipinski definition) is 1. The van der Waals surface area contributed by atoms with Crippen LogP contribution < -0.4 is 0 Å². The standard InChI is InChI=1S/C9H8Cl2FN/c10-4-2-1-3-7-5-9(11)13-6-8(7)12/h1,3,5-6H,2,4H2. The first-order valence-electron chi connectivity index (χ1n) is 3.77. The summed E-state index contributed by atoms with van der Waals surface area (Å²) in [6.07, 6.45) is 5.25. The van der Waals surface area contributed by atoms with E-state index < -0.39 is 0 Å². The van der Waals surface area contributed by atoms with E-state index in [-0.39, 0.29) is 11.0 Å². The van der Waals surface area contributed by atoms with Gasteiger partial charge in [0.15, 0.2) is 0 Å². The van der Waals surface area contributed by atoms with Crippen molar-refractivity contribution in [2.75, 3.05) is 5.88 Å². The summed E-state index contributed by atoms with van der Waals surface area (Å²) >= 11 is 11.0. The Hall–Kier alpha value is -0.600. The topological polar surface area (TPSA) is 12.9 Å². The minimum atomic E-state index is -0.379. The van der Waals surface area contributed by atoms with Crippen LogP contribution in [0.4, 0.5) is 4.39 Å². The van der Waals surface area contributed by atoms with E-state index in [9.17, 15) is 4.39 Å². The third kappa shape index (κ3) is 3.33. The molecule has 1 aromatic heterocycles. The number of halogens is 3. The summed E-state index contributed by atoms with van der Waals surface area (Å²) < 4.78 is 13.0. The predicted octanol–water partition coefficient (Wildman–Crippen LogP) is 3.52. The van der Waals surface area contributed by atoms with Gasteiger partial charge >= 0.3 is 0 Å². The van der Waals surface area contributed by atoms with Crippen molar-refractivity contribution >= 4 is 29.3 Å². The van der Waals surface area contributed by atoms with E-state index >= 15 is 0 Å². The van der Waals surface area contributed by atoms with E-state index in [4.69, 9.17) is 23.2 Å². The van der Waals surface area contributed by atoms with Crippen molar-refractivity contribution in [3.05, 3.63) is 34.9 Å². The Morgan fingerprint density at radius 1 is 1.54 bits per heavy atom. The first-order valence-corrected chi connectivity index (χ1v) is 4.69. The summed E-state index contributed by atoms with van der Waals surface area (Å²) in [6.45, 7) is 0. The molecule has 0 aliphatic rings. The fourth-order valence-corrected chi connectivity index (χ4v) is 1.12. The Kier molecular flexibility index (Phi) is 4.19. The molecule has 0 saturated carbocycles. The Morgan fingerprint density at radius 3 is 3.00 bits per heavy atom. The van der Waals surface area contributed by atoms with E-state index in [0.717, 1.165) is 6.20 Å². The van der Waals surface area contributed by atoms with Gasteiger partial charge in [-0.15, -0.1) is 11.6 Å². The molecule has 0 aromatic carbocycles. The van der Waals surface area contributed by atoms with Gasteiger partial charge in [0.05, 0.1) is 6.20 Å². The van der Waals surface area contributed by atoms with Gasteiger partial charge in [-0.05, 0) is 12.5 Å². The van der Waals surface area contributed by atoms with Crippen LogP contribution in [0.15, 0.2) is 18.3 Å². The minimum Gasteiger partial charge on any atom is -0.241 e. The van der Waals surface area contributed by atoms with Crippen molar-refractivity contribution < 1.29 is 4.39 Å². The smallest absolute Gasteiger partial charge is 0.148 e. The average Bonchev–Trinajstić information content (AvgIpc) is 2.11. The zero-order chi connectivity index (χ0) is 9.68. The molecule has 0 spiro atoms. The van der Waals surface area contributed by atoms with Gasteiger partial charge in [-0.1, -0.05) is 23.8 Å². The van der Waals surface area contributed by atoms with Crippen LogP contribution in [0.5, 0.6) is 0 Å². The fraction of sp³-hybridized carbons (Fsp3) is 0.222. The maximum absolute atomic E-state index is 13.0. The van der Waals surface area contributed by atoms with E-state index in [1.807, 2.05) is 0 Å². The van der Waals surface area contributed by atoms with E-state index in [1.54, 1.807) is 12.2 Å². The van der Waals surface area contributed by atoms with Crippen LogP contribution in [-0.4, -0.2) is 10.9 Å². The molecule has 0 N–H and O–H groups in total. The number of alkyl halides is 1. The molecule has 4 heteroatoms. The summed E-state index contributed by atoms with van der Waals surface area (Å²) in [5.74, 6) is 0.145. The fourth-order valence-electron chi connectivity index (χ4n) is 0.828. The SMILES string of the molecule is Fc1cnc(Cl)cc1C=CCCCl. The normalized spacial score (nSPS) is 11.0. The molecule has 0 aliphatic carbocycles. The number of nitrogens with zero attached hydrogens (tertiary/aromatic N) is 1. The molecule has 1 rings (SSSR count). The van der Waals surface area contributed by atoms with E-state index in [2.05, 4.69) is 4.98 Å². The third-order valence-corrected chi connectivity index (χ3v) is 1.85. The Balaban J connectivity index is 2.81. The molecule has 0 fully saturated rings. The molecule has 1 heterocycles. The van der Waals surface area contributed by atoms with Crippen LogP contribution in [0.1, 0.15) is 12.0 Å². The Bertz CT molecular complexity index is 312. The monoisotopic (exact) mass is 219 g/mol. The van der Waals surface area contributed by atoms with Crippen molar-refractivity contribution in [2.24, 2.45) is 0 Å². The van der Waals surface area contributed by atoms with Crippen molar-refractivity contribution in [3.8, 4) is 0 Å². The molecule has 1 aromatic rings. The second-order valence-corrected chi connectivity index (χ2v) is 3.17. The lowest BCUT2D eigenvalue weighted by Gasteiger charge is -1.95. The molecule has 0 radical (unpaired) electrons. The quantitative estimate of drug-likeness (QED) is 0.561. The molecule has 0 aliphatic heterocycles. The molecule has 0 unspecified atom stereocenters. The first kappa shape index (κ1) is 10.5. The van der Waals surface area contributed by atoms with Crippen molar-refractivity contribution in [3.63, 3.8) is 0 Å². The van der Waals surface area contributed by atoms with Crippen molar-refractivity contribution in [2.45, 2.75) is 6.42 Å². The lowest BCUT2D eigenvalue weighted by atomic mass is 10.2. The van der Waals surface area contributed by atoms with Crippen LogP contribution in [0, 0.1) is 5.82 Å². The molecule has 0 bridgehead atoms.